The van der Waals surface area contributed by atoms with Crippen LogP contribution in [0.2, 0.25) is 0 Å². The third kappa shape index (κ3) is 5.99. The van der Waals surface area contributed by atoms with Crippen molar-refractivity contribution in [2.75, 3.05) is 54.5 Å². The number of phenolic OH excluding ortho intramolecular Hbond substituents is 1. The first-order valence-corrected chi connectivity index (χ1v) is 10.0. The van der Waals surface area contributed by atoms with Gasteiger partial charge in [-0.2, -0.15) is 0 Å². The fraction of sp³-hybridized carbons (Fsp3) is 0.348. The van der Waals surface area contributed by atoms with Crippen LogP contribution < -0.4 is 15.1 Å². The number of carbonyl (C=O) groups is 1. The Labute approximate surface area is 172 Å². The Morgan fingerprint density at radius 1 is 1.07 bits per heavy atom. The van der Waals surface area contributed by atoms with Crippen LogP contribution in [0.15, 0.2) is 61.2 Å². The minimum absolute atomic E-state index is 0.00221. The zero-order valence-corrected chi connectivity index (χ0v) is 16.7. The summed E-state index contributed by atoms with van der Waals surface area (Å²) in [6.07, 6.45) is 2.82. The highest BCUT2D eigenvalue weighted by molar-refractivity contribution is 5.94. The molecule has 0 aromatic heterocycles. The minimum Gasteiger partial charge on any atom is -0.508 e. The Bertz CT molecular complexity index is 799. The molecule has 154 valence electrons. The summed E-state index contributed by atoms with van der Waals surface area (Å²) in [5.74, 6) is 0.284. The molecule has 1 aliphatic rings. The van der Waals surface area contributed by atoms with E-state index in [0.717, 1.165) is 43.2 Å². The van der Waals surface area contributed by atoms with E-state index in [1.807, 2.05) is 30.3 Å². The van der Waals surface area contributed by atoms with E-state index in [-0.39, 0.29) is 11.7 Å². The van der Waals surface area contributed by atoms with Gasteiger partial charge in [0, 0.05) is 44.9 Å². The average molecular weight is 396 g/mol. The van der Waals surface area contributed by atoms with Crippen LogP contribution >= 0.6 is 0 Å². The summed E-state index contributed by atoms with van der Waals surface area (Å²) in [6.45, 7) is 8.17. The molecule has 6 heteroatoms. The van der Waals surface area contributed by atoms with Crippen molar-refractivity contribution in [1.82, 2.24) is 0 Å². The zero-order valence-electron chi connectivity index (χ0n) is 16.7. The molecule has 0 aliphatic carbocycles. The van der Waals surface area contributed by atoms with E-state index in [1.165, 1.54) is 0 Å². The second-order valence-electron chi connectivity index (χ2n) is 7.02. The number of amides is 1. The summed E-state index contributed by atoms with van der Waals surface area (Å²) < 4.78 is 5.33. The number of carbonyl (C=O) groups excluding carboxylic acids is 1. The number of para-hydroxylation sites is 2. The van der Waals surface area contributed by atoms with Gasteiger partial charge in [0.05, 0.1) is 18.0 Å². The van der Waals surface area contributed by atoms with E-state index in [4.69, 9.17) is 4.74 Å². The molecule has 0 atom stereocenters. The van der Waals surface area contributed by atoms with Gasteiger partial charge >= 0.3 is 0 Å². The van der Waals surface area contributed by atoms with Crippen molar-refractivity contribution in [3.63, 3.8) is 0 Å². The number of aromatic hydroxyl groups is 1. The average Bonchev–Trinajstić information content (AvgIpc) is 2.75. The molecule has 2 aromatic rings. The highest BCUT2D eigenvalue weighted by Crippen LogP contribution is 2.28. The van der Waals surface area contributed by atoms with Crippen molar-refractivity contribution in [2.45, 2.75) is 12.8 Å². The van der Waals surface area contributed by atoms with Gasteiger partial charge < -0.3 is 25.0 Å². The fourth-order valence-corrected chi connectivity index (χ4v) is 3.44. The topological polar surface area (TPSA) is 65.0 Å². The SMILES string of the molecule is C=CCOCCCC(=O)Nc1ccccc1N1CCN(c2ccc(O)cc2)CC1. The predicted octanol–water partition coefficient (Wildman–Crippen LogP) is 3.64. The van der Waals surface area contributed by atoms with E-state index in [1.54, 1.807) is 18.2 Å². The predicted molar refractivity (Wildman–Crippen MR) is 118 cm³/mol. The Balaban J connectivity index is 1.54. The van der Waals surface area contributed by atoms with E-state index < -0.39 is 0 Å². The summed E-state index contributed by atoms with van der Waals surface area (Å²) in [6, 6.07) is 15.3. The van der Waals surface area contributed by atoms with E-state index >= 15 is 0 Å². The smallest absolute Gasteiger partial charge is 0.224 e. The molecule has 3 rings (SSSR count). The van der Waals surface area contributed by atoms with Crippen LogP contribution in [0.1, 0.15) is 12.8 Å². The minimum atomic E-state index is 0.00221. The molecule has 29 heavy (non-hydrogen) atoms. The highest BCUT2D eigenvalue weighted by atomic mass is 16.5. The first-order valence-electron chi connectivity index (χ1n) is 10.0. The summed E-state index contributed by atoms with van der Waals surface area (Å²) in [7, 11) is 0. The standard InChI is InChI=1S/C23H29N3O3/c1-2-17-29-18-5-8-23(28)24-21-6-3-4-7-22(21)26-15-13-25(14-16-26)19-9-11-20(27)12-10-19/h2-4,6-7,9-12,27H,1,5,8,13-18H2,(H,24,28). The summed E-state index contributed by atoms with van der Waals surface area (Å²) in [4.78, 5) is 16.9. The highest BCUT2D eigenvalue weighted by Gasteiger charge is 2.20. The van der Waals surface area contributed by atoms with Gasteiger partial charge in [-0.25, -0.2) is 0 Å². The largest absolute Gasteiger partial charge is 0.508 e. The van der Waals surface area contributed by atoms with Gasteiger partial charge in [-0.3, -0.25) is 4.79 Å². The van der Waals surface area contributed by atoms with Gasteiger partial charge in [0.25, 0.3) is 0 Å². The zero-order chi connectivity index (χ0) is 20.5. The van der Waals surface area contributed by atoms with Gasteiger partial charge in [0.15, 0.2) is 0 Å². The molecule has 1 saturated heterocycles. The summed E-state index contributed by atoms with van der Waals surface area (Å²) in [5, 5.41) is 12.5. The number of nitrogens with one attached hydrogen (secondary N) is 1. The number of hydrogen-bond acceptors (Lipinski definition) is 5. The number of benzene rings is 2. The van der Waals surface area contributed by atoms with Gasteiger partial charge in [0.2, 0.25) is 5.91 Å². The number of anilines is 3. The molecule has 0 saturated carbocycles. The van der Waals surface area contributed by atoms with Crippen molar-refractivity contribution in [1.29, 1.82) is 0 Å². The van der Waals surface area contributed by atoms with Crippen LogP contribution in [0.5, 0.6) is 5.75 Å². The van der Waals surface area contributed by atoms with Crippen LogP contribution in [0, 0.1) is 0 Å². The Morgan fingerprint density at radius 3 is 2.48 bits per heavy atom. The Hall–Kier alpha value is -2.99. The molecular formula is C23H29N3O3. The molecule has 1 heterocycles. The van der Waals surface area contributed by atoms with E-state index in [0.29, 0.717) is 26.1 Å². The third-order valence-corrected chi connectivity index (χ3v) is 4.94. The number of rotatable bonds is 9. The molecule has 0 bridgehead atoms. The van der Waals surface area contributed by atoms with Crippen molar-refractivity contribution >= 4 is 23.0 Å². The molecule has 1 amide bonds. The molecular weight excluding hydrogens is 366 g/mol. The van der Waals surface area contributed by atoms with Crippen LogP contribution in [-0.4, -0.2) is 50.4 Å². The maximum atomic E-state index is 12.3. The lowest BCUT2D eigenvalue weighted by Gasteiger charge is -2.38. The monoisotopic (exact) mass is 395 g/mol. The lowest BCUT2D eigenvalue weighted by atomic mass is 10.2. The first-order chi connectivity index (χ1) is 14.2. The molecule has 0 unspecified atom stereocenters. The van der Waals surface area contributed by atoms with Crippen molar-refractivity contribution in [3.05, 3.63) is 61.2 Å². The van der Waals surface area contributed by atoms with Crippen molar-refractivity contribution in [2.24, 2.45) is 0 Å². The molecule has 1 aliphatic heterocycles. The van der Waals surface area contributed by atoms with Gasteiger partial charge in [-0.1, -0.05) is 18.2 Å². The number of hydrogen-bond donors (Lipinski definition) is 2. The van der Waals surface area contributed by atoms with Crippen molar-refractivity contribution in [3.8, 4) is 5.75 Å². The fourth-order valence-electron chi connectivity index (χ4n) is 3.44. The number of ether oxygens (including phenoxy) is 1. The second kappa shape index (κ2) is 10.5. The third-order valence-electron chi connectivity index (χ3n) is 4.94. The number of phenols is 1. The quantitative estimate of drug-likeness (QED) is 0.501. The molecule has 6 nitrogen and oxygen atoms in total. The van der Waals surface area contributed by atoms with Gasteiger partial charge in [-0.15, -0.1) is 6.58 Å². The van der Waals surface area contributed by atoms with Crippen LogP contribution in [-0.2, 0) is 9.53 Å². The molecule has 2 N–H and O–H groups in total. The lowest BCUT2D eigenvalue weighted by Crippen LogP contribution is -2.46. The lowest BCUT2D eigenvalue weighted by molar-refractivity contribution is -0.116. The van der Waals surface area contributed by atoms with Crippen LogP contribution in [0.4, 0.5) is 17.1 Å². The summed E-state index contributed by atoms with van der Waals surface area (Å²) >= 11 is 0. The first kappa shape index (κ1) is 20.7. The van der Waals surface area contributed by atoms with Crippen molar-refractivity contribution < 1.29 is 14.6 Å². The van der Waals surface area contributed by atoms with E-state index in [9.17, 15) is 9.90 Å². The molecule has 1 fully saturated rings. The normalized spacial score (nSPS) is 13.9. The summed E-state index contributed by atoms with van der Waals surface area (Å²) in [5.41, 5.74) is 3.01. The Morgan fingerprint density at radius 2 is 1.76 bits per heavy atom. The maximum Gasteiger partial charge on any atom is 0.224 e. The maximum absolute atomic E-state index is 12.3. The second-order valence-corrected chi connectivity index (χ2v) is 7.02. The number of piperazine rings is 1. The molecule has 0 spiro atoms. The Kier molecular flexibility index (Phi) is 7.53. The van der Waals surface area contributed by atoms with E-state index in [2.05, 4.69) is 27.8 Å². The molecule has 0 radical (unpaired) electrons. The molecule has 2 aromatic carbocycles. The van der Waals surface area contributed by atoms with Gasteiger partial charge in [-0.05, 0) is 42.8 Å². The number of nitrogens with zero attached hydrogens (tertiary/aromatic N) is 2. The van der Waals surface area contributed by atoms with Gasteiger partial charge in [0.1, 0.15) is 5.75 Å². The van der Waals surface area contributed by atoms with Crippen LogP contribution in [0.3, 0.4) is 0 Å². The van der Waals surface area contributed by atoms with Crippen LogP contribution in [0.25, 0.3) is 0 Å².